The minimum atomic E-state index is -0.614. The summed E-state index contributed by atoms with van der Waals surface area (Å²) in [5.41, 5.74) is 3.50. The molecule has 6 heteroatoms. The molecule has 0 saturated heterocycles. The summed E-state index contributed by atoms with van der Waals surface area (Å²) >= 11 is 0. The number of rotatable bonds is 8. The molecule has 3 rings (SSSR count). The van der Waals surface area contributed by atoms with Crippen molar-refractivity contribution in [3.05, 3.63) is 84.4 Å². The van der Waals surface area contributed by atoms with Gasteiger partial charge in [-0.3, -0.25) is 4.79 Å². The Bertz CT molecular complexity index is 956. The van der Waals surface area contributed by atoms with Gasteiger partial charge in [0, 0.05) is 17.1 Å². The quantitative estimate of drug-likeness (QED) is 0.561. The number of nitrogens with one attached hydrogen (secondary N) is 2. The highest BCUT2D eigenvalue weighted by Crippen LogP contribution is 2.19. The molecule has 2 N–H and O–H groups in total. The number of hydrogen-bond donors (Lipinski definition) is 2. The fraction of sp³-hybridized carbons (Fsp3) is 0.130. The molecule has 0 fully saturated rings. The molecule has 29 heavy (non-hydrogen) atoms. The van der Waals surface area contributed by atoms with Gasteiger partial charge in [-0.05, 0) is 55.0 Å². The van der Waals surface area contributed by atoms with Gasteiger partial charge in [-0.1, -0.05) is 36.4 Å². The Morgan fingerprint density at radius 2 is 1.45 bits per heavy atom. The molecule has 1 amide bonds. The largest absolute Gasteiger partial charge is 0.482 e. The van der Waals surface area contributed by atoms with Gasteiger partial charge < -0.3 is 20.1 Å². The minimum Gasteiger partial charge on any atom is -0.482 e. The number of benzene rings is 3. The van der Waals surface area contributed by atoms with E-state index in [1.54, 1.807) is 18.2 Å². The van der Waals surface area contributed by atoms with E-state index in [9.17, 15) is 9.59 Å². The Morgan fingerprint density at radius 3 is 2.17 bits per heavy atom. The summed E-state index contributed by atoms with van der Waals surface area (Å²) < 4.78 is 10.4. The first-order chi connectivity index (χ1) is 14.1. The Balaban J connectivity index is 1.40. The number of amides is 1. The van der Waals surface area contributed by atoms with Crippen molar-refractivity contribution in [2.75, 3.05) is 23.8 Å². The molecule has 3 aromatic rings. The van der Waals surface area contributed by atoms with Gasteiger partial charge in [0.25, 0.3) is 5.91 Å². The molecule has 0 heterocycles. The zero-order chi connectivity index (χ0) is 20.5. The molecule has 0 aliphatic carbocycles. The summed E-state index contributed by atoms with van der Waals surface area (Å²) in [6.07, 6.45) is 0. The first-order valence-electron chi connectivity index (χ1n) is 9.16. The highest BCUT2D eigenvalue weighted by molar-refractivity contribution is 5.93. The first-order valence-corrected chi connectivity index (χ1v) is 9.16. The van der Waals surface area contributed by atoms with E-state index in [1.807, 2.05) is 67.6 Å². The van der Waals surface area contributed by atoms with Crippen LogP contribution in [0.2, 0.25) is 0 Å². The summed E-state index contributed by atoms with van der Waals surface area (Å²) in [6.45, 7) is 1.25. The topological polar surface area (TPSA) is 76.7 Å². The van der Waals surface area contributed by atoms with Crippen LogP contribution in [0, 0.1) is 6.92 Å². The highest BCUT2D eigenvalue weighted by atomic mass is 16.6. The molecule has 3 aromatic carbocycles. The Kier molecular flexibility index (Phi) is 6.84. The number of ether oxygens (including phenoxy) is 2. The monoisotopic (exact) mass is 390 g/mol. The van der Waals surface area contributed by atoms with Crippen LogP contribution in [0.25, 0.3) is 0 Å². The Labute approximate surface area is 169 Å². The molecule has 0 spiro atoms. The van der Waals surface area contributed by atoms with Gasteiger partial charge >= 0.3 is 5.97 Å². The van der Waals surface area contributed by atoms with Crippen molar-refractivity contribution < 1.29 is 19.1 Å². The predicted molar refractivity (Wildman–Crippen MR) is 112 cm³/mol. The van der Waals surface area contributed by atoms with Crippen molar-refractivity contribution in [1.29, 1.82) is 0 Å². The predicted octanol–water partition coefficient (Wildman–Crippen LogP) is 4.30. The zero-order valence-electron chi connectivity index (χ0n) is 16.1. The van der Waals surface area contributed by atoms with Crippen LogP contribution in [0.4, 0.5) is 17.1 Å². The van der Waals surface area contributed by atoms with Crippen molar-refractivity contribution in [2.24, 2.45) is 0 Å². The lowest BCUT2D eigenvalue weighted by Crippen LogP contribution is -2.23. The van der Waals surface area contributed by atoms with Crippen molar-refractivity contribution in [2.45, 2.75) is 6.92 Å². The fourth-order valence-electron chi connectivity index (χ4n) is 2.55. The zero-order valence-corrected chi connectivity index (χ0v) is 16.1. The van der Waals surface area contributed by atoms with Crippen molar-refractivity contribution >= 4 is 28.9 Å². The van der Waals surface area contributed by atoms with Crippen LogP contribution in [0.3, 0.4) is 0 Å². The normalized spacial score (nSPS) is 10.1. The summed E-state index contributed by atoms with van der Waals surface area (Å²) in [4.78, 5) is 23.7. The molecule has 0 atom stereocenters. The summed E-state index contributed by atoms with van der Waals surface area (Å²) in [6, 6.07) is 24.4. The number of hydrogen-bond acceptors (Lipinski definition) is 5. The average molecular weight is 390 g/mol. The lowest BCUT2D eigenvalue weighted by atomic mass is 10.2. The van der Waals surface area contributed by atoms with Gasteiger partial charge in [-0.25, -0.2) is 4.79 Å². The number of esters is 1. The second-order valence-corrected chi connectivity index (χ2v) is 6.33. The van der Waals surface area contributed by atoms with E-state index in [0.29, 0.717) is 11.4 Å². The molecule has 148 valence electrons. The minimum absolute atomic E-state index is 0.275. The number of aryl methyl sites for hydroxylation is 1. The van der Waals surface area contributed by atoms with Gasteiger partial charge in [0.15, 0.2) is 13.2 Å². The maximum absolute atomic E-state index is 11.9. The van der Waals surface area contributed by atoms with E-state index < -0.39 is 11.9 Å². The second-order valence-electron chi connectivity index (χ2n) is 6.33. The van der Waals surface area contributed by atoms with Crippen LogP contribution >= 0.6 is 0 Å². The summed E-state index contributed by atoms with van der Waals surface area (Å²) in [5.74, 6) is -0.481. The third kappa shape index (κ3) is 6.39. The van der Waals surface area contributed by atoms with Crippen LogP contribution in [0.1, 0.15) is 5.56 Å². The van der Waals surface area contributed by atoms with Gasteiger partial charge in [0.2, 0.25) is 0 Å². The molecule has 0 aliphatic rings. The number of carbonyl (C=O) groups excluding carboxylic acids is 2. The van der Waals surface area contributed by atoms with Gasteiger partial charge in [0.1, 0.15) is 5.75 Å². The van der Waals surface area contributed by atoms with Gasteiger partial charge in [-0.15, -0.1) is 0 Å². The fourth-order valence-corrected chi connectivity index (χ4v) is 2.55. The molecule has 0 aliphatic heterocycles. The molecular formula is C23H22N2O4. The van der Waals surface area contributed by atoms with E-state index in [-0.39, 0.29) is 13.2 Å². The molecule has 6 nitrogen and oxygen atoms in total. The SMILES string of the molecule is Cc1ccccc1NC(=O)COC(=O)COc1ccc(Nc2ccccc2)cc1. The van der Waals surface area contributed by atoms with E-state index in [2.05, 4.69) is 10.6 Å². The Morgan fingerprint density at radius 1 is 0.793 bits per heavy atom. The van der Waals surface area contributed by atoms with Crippen LogP contribution < -0.4 is 15.4 Å². The molecule has 0 radical (unpaired) electrons. The van der Waals surface area contributed by atoms with Crippen LogP contribution in [-0.2, 0) is 14.3 Å². The molecule has 0 unspecified atom stereocenters. The molecular weight excluding hydrogens is 368 g/mol. The Hall–Kier alpha value is -3.80. The second kappa shape index (κ2) is 9.94. The number of carbonyl (C=O) groups is 2. The third-order valence-corrected chi connectivity index (χ3v) is 4.06. The van der Waals surface area contributed by atoms with Crippen LogP contribution in [-0.4, -0.2) is 25.1 Å². The molecule has 0 bridgehead atoms. The molecule has 0 saturated carbocycles. The van der Waals surface area contributed by atoms with Crippen molar-refractivity contribution in [3.8, 4) is 5.75 Å². The van der Waals surface area contributed by atoms with Crippen LogP contribution in [0.15, 0.2) is 78.9 Å². The van der Waals surface area contributed by atoms with E-state index >= 15 is 0 Å². The van der Waals surface area contributed by atoms with Crippen LogP contribution in [0.5, 0.6) is 5.75 Å². The lowest BCUT2D eigenvalue weighted by molar-refractivity contribution is -0.149. The van der Waals surface area contributed by atoms with E-state index in [4.69, 9.17) is 9.47 Å². The third-order valence-electron chi connectivity index (χ3n) is 4.06. The lowest BCUT2D eigenvalue weighted by Gasteiger charge is -2.10. The maximum atomic E-state index is 11.9. The smallest absolute Gasteiger partial charge is 0.344 e. The van der Waals surface area contributed by atoms with Crippen molar-refractivity contribution in [3.63, 3.8) is 0 Å². The standard InChI is InChI=1S/C23H22N2O4/c1-17-7-5-6-10-21(17)25-22(26)15-29-23(27)16-28-20-13-11-19(12-14-20)24-18-8-3-2-4-9-18/h2-14,24H,15-16H2,1H3,(H,25,26). The molecule has 0 aromatic heterocycles. The number of para-hydroxylation sites is 2. The van der Waals surface area contributed by atoms with Gasteiger partial charge in [-0.2, -0.15) is 0 Å². The average Bonchev–Trinajstić information content (AvgIpc) is 2.74. The highest BCUT2D eigenvalue weighted by Gasteiger charge is 2.10. The first kappa shape index (κ1) is 19.9. The van der Waals surface area contributed by atoms with Crippen molar-refractivity contribution in [1.82, 2.24) is 0 Å². The summed E-state index contributed by atoms with van der Waals surface area (Å²) in [7, 11) is 0. The van der Waals surface area contributed by atoms with Gasteiger partial charge in [0.05, 0.1) is 0 Å². The van der Waals surface area contributed by atoms with E-state index in [0.717, 1.165) is 16.9 Å². The van der Waals surface area contributed by atoms with E-state index in [1.165, 1.54) is 0 Å². The number of anilines is 3. The summed E-state index contributed by atoms with van der Waals surface area (Å²) in [5, 5.41) is 5.96. The maximum Gasteiger partial charge on any atom is 0.344 e.